The summed E-state index contributed by atoms with van der Waals surface area (Å²) in [4.78, 5) is 12.3. The van der Waals surface area contributed by atoms with Crippen LogP contribution in [0.15, 0.2) is 18.2 Å². The van der Waals surface area contributed by atoms with Crippen molar-refractivity contribution >= 4 is 23.2 Å². The highest BCUT2D eigenvalue weighted by Crippen LogP contribution is 2.43. The van der Waals surface area contributed by atoms with Crippen LogP contribution in [0.25, 0.3) is 0 Å². The lowest BCUT2D eigenvalue weighted by Crippen LogP contribution is -2.40. The van der Waals surface area contributed by atoms with Crippen LogP contribution in [-0.4, -0.2) is 19.1 Å². The second kappa shape index (κ2) is 7.14. The smallest absolute Gasteiger partial charge is 0.225 e. The lowest BCUT2D eigenvalue weighted by atomic mass is 9.66. The van der Waals surface area contributed by atoms with E-state index in [1.807, 2.05) is 6.92 Å². The van der Waals surface area contributed by atoms with E-state index in [-0.39, 0.29) is 11.3 Å². The molecule has 0 aliphatic heterocycles. The highest BCUT2D eigenvalue weighted by Gasteiger charge is 2.37. The van der Waals surface area contributed by atoms with Gasteiger partial charge in [-0.05, 0) is 49.4 Å². The van der Waals surface area contributed by atoms with E-state index in [1.54, 1.807) is 18.2 Å². The minimum Gasteiger partial charge on any atom is -0.491 e. The quantitative estimate of drug-likeness (QED) is 0.809. The van der Waals surface area contributed by atoms with Gasteiger partial charge in [0.2, 0.25) is 5.91 Å². The van der Waals surface area contributed by atoms with Crippen molar-refractivity contribution in [2.45, 2.75) is 39.0 Å². The first-order valence-corrected chi connectivity index (χ1v) is 7.89. The van der Waals surface area contributed by atoms with Crippen LogP contribution in [0, 0.1) is 5.41 Å². The van der Waals surface area contributed by atoms with Gasteiger partial charge in [0.1, 0.15) is 5.75 Å². The molecule has 1 aliphatic carbocycles. The molecule has 21 heavy (non-hydrogen) atoms. The molecular weight excluding hydrogens is 288 g/mol. The molecule has 1 aromatic rings. The van der Waals surface area contributed by atoms with Gasteiger partial charge >= 0.3 is 0 Å². The van der Waals surface area contributed by atoms with Gasteiger partial charge in [0.15, 0.2) is 0 Å². The van der Waals surface area contributed by atoms with Crippen LogP contribution in [0.4, 0.5) is 5.69 Å². The van der Waals surface area contributed by atoms with E-state index >= 15 is 0 Å². The number of hydrogen-bond donors (Lipinski definition) is 2. The Labute approximate surface area is 131 Å². The molecule has 0 atom stereocenters. The van der Waals surface area contributed by atoms with Gasteiger partial charge in [0.05, 0.1) is 12.3 Å². The average molecular weight is 311 g/mol. The van der Waals surface area contributed by atoms with Crippen molar-refractivity contribution in [3.63, 3.8) is 0 Å². The Bertz CT molecular complexity index is 496. The molecule has 0 heterocycles. The number of nitrogens with two attached hydrogens (primary N) is 1. The molecule has 2 rings (SSSR count). The van der Waals surface area contributed by atoms with E-state index in [1.165, 1.54) is 0 Å². The van der Waals surface area contributed by atoms with E-state index in [9.17, 15) is 4.79 Å². The Morgan fingerprint density at radius 3 is 2.81 bits per heavy atom. The second-order valence-corrected chi connectivity index (χ2v) is 6.21. The fourth-order valence-corrected chi connectivity index (χ4v) is 2.77. The van der Waals surface area contributed by atoms with Gasteiger partial charge in [-0.2, -0.15) is 0 Å². The van der Waals surface area contributed by atoms with Gasteiger partial charge in [0.25, 0.3) is 0 Å². The molecule has 116 valence electrons. The standard InChI is InChI=1S/C16H23ClN2O2/c1-2-8-21-14-5-4-12(17)9-13(14)19-15(20)10-16(11-18)6-3-7-16/h4-5,9H,2-3,6-8,10-11,18H2,1H3,(H,19,20). The van der Waals surface area contributed by atoms with E-state index in [2.05, 4.69) is 5.32 Å². The lowest BCUT2D eigenvalue weighted by Gasteiger charge is -2.40. The maximum absolute atomic E-state index is 12.3. The van der Waals surface area contributed by atoms with Crippen molar-refractivity contribution < 1.29 is 9.53 Å². The van der Waals surface area contributed by atoms with Crippen LogP contribution in [0.3, 0.4) is 0 Å². The van der Waals surface area contributed by atoms with Crippen molar-refractivity contribution in [2.24, 2.45) is 11.1 Å². The van der Waals surface area contributed by atoms with Crippen molar-refractivity contribution in [1.82, 2.24) is 0 Å². The molecule has 1 amide bonds. The number of ether oxygens (including phenoxy) is 1. The fourth-order valence-electron chi connectivity index (χ4n) is 2.60. The molecule has 0 aromatic heterocycles. The van der Waals surface area contributed by atoms with Gasteiger partial charge < -0.3 is 15.8 Å². The number of carbonyl (C=O) groups is 1. The molecule has 1 saturated carbocycles. The minimum absolute atomic E-state index is 0.00685. The Morgan fingerprint density at radius 1 is 1.48 bits per heavy atom. The maximum Gasteiger partial charge on any atom is 0.225 e. The summed E-state index contributed by atoms with van der Waals surface area (Å²) in [5.41, 5.74) is 6.43. The zero-order chi connectivity index (χ0) is 15.3. The molecule has 4 nitrogen and oxygen atoms in total. The third-order valence-electron chi connectivity index (χ3n) is 4.06. The van der Waals surface area contributed by atoms with E-state index in [0.29, 0.717) is 36.0 Å². The van der Waals surface area contributed by atoms with Crippen molar-refractivity contribution in [3.05, 3.63) is 23.2 Å². The predicted molar refractivity (Wildman–Crippen MR) is 85.8 cm³/mol. The third kappa shape index (κ3) is 4.11. The summed E-state index contributed by atoms with van der Waals surface area (Å²) in [5, 5.41) is 3.49. The van der Waals surface area contributed by atoms with Crippen LogP contribution < -0.4 is 15.8 Å². The second-order valence-electron chi connectivity index (χ2n) is 5.77. The highest BCUT2D eigenvalue weighted by molar-refractivity contribution is 6.31. The van der Waals surface area contributed by atoms with Crippen molar-refractivity contribution in [3.8, 4) is 5.75 Å². The Balaban J connectivity index is 2.03. The number of anilines is 1. The molecule has 1 fully saturated rings. The van der Waals surface area contributed by atoms with Gasteiger partial charge in [0, 0.05) is 11.4 Å². The number of rotatable bonds is 7. The van der Waals surface area contributed by atoms with Crippen LogP contribution >= 0.6 is 11.6 Å². The van der Waals surface area contributed by atoms with E-state index in [4.69, 9.17) is 22.1 Å². The minimum atomic E-state index is -0.0243. The average Bonchev–Trinajstić information content (AvgIpc) is 2.42. The molecule has 0 saturated heterocycles. The SMILES string of the molecule is CCCOc1ccc(Cl)cc1NC(=O)CC1(CN)CCC1. The van der Waals surface area contributed by atoms with Crippen LogP contribution in [0.1, 0.15) is 39.0 Å². The molecular formula is C16H23ClN2O2. The number of halogens is 1. The van der Waals surface area contributed by atoms with Crippen LogP contribution in [0.2, 0.25) is 5.02 Å². The summed E-state index contributed by atoms with van der Waals surface area (Å²) in [5.74, 6) is 0.633. The molecule has 0 spiro atoms. The largest absolute Gasteiger partial charge is 0.491 e. The number of amides is 1. The zero-order valence-electron chi connectivity index (χ0n) is 12.5. The molecule has 0 radical (unpaired) electrons. The first kappa shape index (κ1) is 16.1. The van der Waals surface area contributed by atoms with E-state index in [0.717, 1.165) is 25.7 Å². The maximum atomic E-state index is 12.3. The molecule has 3 N–H and O–H groups in total. The Morgan fingerprint density at radius 2 is 2.24 bits per heavy atom. The topological polar surface area (TPSA) is 64.3 Å². The first-order valence-electron chi connectivity index (χ1n) is 7.51. The number of benzene rings is 1. The van der Waals surface area contributed by atoms with Gasteiger partial charge in [-0.1, -0.05) is 24.9 Å². The summed E-state index contributed by atoms with van der Waals surface area (Å²) >= 11 is 6.01. The van der Waals surface area contributed by atoms with Gasteiger partial charge in [-0.15, -0.1) is 0 Å². The summed E-state index contributed by atoms with van der Waals surface area (Å²) in [7, 11) is 0. The summed E-state index contributed by atoms with van der Waals surface area (Å²) in [6, 6.07) is 5.27. The molecule has 5 heteroatoms. The lowest BCUT2D eigenvalue weighted by molar-refractivity contribution is -0.119. The van der Waals surface area contributed by atoms with Gasteiger partial charge in [-0.25, -0.2) is 0 Å². The number of carbonyl (C=O) groups excluding carboxylic acids is 1. The van der Waals surface area contributed by atoms with Crippen molar-refractivity contribution in [2.75, 3.05) is 18.5 Å². The summed E-state index contributed by atoms with van der Waals surface area (Å²) in [6.07, 6.45) is 4.60. The summed E-state index contributed by atoms with van der Waals surface area (Å²) < 4.78 is 5.64. The molecule has 1 aromatic carbocycles. The predicted octanol–water partition coefficient (Wildman–Crippen LogP) is 3.59. The number of hydrogen-bond acceptors (Lipinski definition) is 3. The molecule has 0 bridgehead atoms. The molecule has 1 aliphatic rings. The molecule has 0 unspecified atom stereocenters. The van der Waals surface area contributed by atoms with Gasteiger partial charge in [-0.3, -0.25) is 4.79 Å². The first-order chi connectivity index (χ1) is 10.1. The number of nitrogens with one attached hydrogen (secondary N) is 1. The van der Waals surface area contributed by atoms with Crippen LogP contribution in [0.5, 0.6) is 5.75 Å². The van der Waals surface area contributed by atoms with Crippen LogP contribution in [-0.2, 0) is 4.79 Å². The highest BCUT2D eigenvalue weighted by atomic mass is 35.5. The Hall–Kier alpha value is -1.26. The van der Waals surface area contributed by atoms with Crippen molar-refractivity contribution in [1.29, 1.82) is 0 Å². The normalized spacial score (nSPS) is 16.1. The summed E-state index contributed by atoms with van der Waals surface area (Å²) in [6.45, 7) is 3.21. The fraction of sp³-hybridized carbons (Fsp3) is 0.562. The Kier molecular flexibility index (Phi) is 5.48. The third-order valence-corrected chi connectivity index (χ3v) is 4.30. The van der Waals surface area contributed by atoms with E-state index < -0.39 is 0 Å². The zero-order valence-corrected chi connectivity index (χ0v) is 13.2. The monoisotopic (exact) mass is 310 g/mol.